The maximum Gasteiger partial charge on any atom is 0.165 e. The highest BCUT2D eigenvalue weighted by atomic mass is 16.5. The molecule has 3 heteroatoms. The summed E-state index contributed by atoms with van der Waals surface area (Å²) < 4.78 is 12.0. The standard InChI is InChI=1S/C21H25NO2/c1-23-20-11-10-17-8-5-9-19(17)21(20)24-18-12-13-22(15-18)14-16-6-3-2-4-7-16/h2-4,6-7,10-11,18H,5,8-9,12-15H2,1H3/t18-/m1/s1. The maximum absolute atomic E-state index is 6.44. The van der Waals surface area contributed by atoms with Crippen LogP contribution in [0.4, 0.5) is 0 Å². The number of benzene rings is 2. The number of ether oxygens (including phenoxy) is 2. The molecule has 0 spiro atoms. The molecule has 1 aliphatic heterocycles. The Balaban J connectivity index is 1.45. The third kappa shape index (κ3) is 3.13. The highest BCUT2D eigenvalue weighted by Crippen LogP contribution is 2.39. The summed E-state index contributed by atoms with van der Waals surface area (Å²) in [5.74, 6) is 1.89. The van der Waals surface area contributed by atoms with Crippen molar-refractivity contribution in [1.29, 1.82) is 0 Å². The Morgan fingerprint density at radius 1 is 1.08 bits per heavy atom. The Kier molecular flexibility index (Phi) is 4.44. The first-order valence-electron chi connectivity index (χ1n) is 8.95. The predicted octanol–water partition coefficient (Wildman–Crippen LogP) is 3.84. The van der Waals surface area contributed by atoms with Crippen molar-refractivity contribution >= 4 is 0 Å². The zero-order valence-corrected chi connectivity index (χ0v) is 14.3. The fourth-order valence-electron chi connectivity index (χ4n) is 3.95. The molecule has 0 N–H and O–H groups in total. The highest BCUT2D eigenvalue weighted by molar-refractivity contribution is 5.52. The molecule has 0 aromatic heterocycles. The molecule has 3 nitrogen and oxygen atoms in total. The lowest BCUT2D eigenvalue weighted by Crippen LogP contribution is -2.25. The number of nitrogens with zero attached hydrogens (tertiary/aromatic N) is 1. The van der Waals surface area contributed by atoms with Crippen LogP contribution in [0, 0.1) is 0 Å². The van der Waals surface area contributed by atoms with Crippen molar-refractivity contribution < 1.29 is 9.47 Å². The fraction of sp³-hybridized carbons (Fsp3) is 0.429. The Labute approximate surface area is 144 Å². The van der Waals surface area contributed by atoms with E-state index in [-0.39, 0.29) is 6.10 Å². The number of likely N-dealkylation sites (tertiary alicyclic amines) is 1. The van der Waals surface area contributed by atoms with Gasteiger partial charge in [-0.05, 0) is 42.9 Å². The number of aryl methyl sites for hydroxylation is 1. The van der Waals surface area contributed by atoms with E-state index in [4.69, 9.17) is 9.47 Å². The Bertz CT molecular complexity index is 698. The molecular weight excluding hydrogens is 298 g/mol. The molecule has 0 unspecified atom stereocenters. The Morgan fingerprint density at radius 3 is 2.79 bits per heavy atom. The van der Waals surface area contributed by atoms with Crippen LogP contribution >= 0.6 is 0 Å². The molecule has 2 aliphatic rings. The lowest BCUT2D eigenvalue weighted by atomic mass is 10.1. The molecule has 1 atom stereocenters. The molecule has 1 heterocycles. The number of hydrogen-bond donors (Lipinski definition) is 0. The van der Waals surface area contributed by atoms with Crippen molar-refractivity contribution in [3.63, 3.8) is 0 Å². The minimum atomic E-state index is 0.259. The number of rotatable bonds is 5. The minimum Gasteiger partial charge on any atom is -0.493 e. The van der Waals surface area contributed by atoms with Gasteiger partial charge in [0.1, 0.15) is 6.10 Å². The minimum absolute atomic E-state index is 0.259. The van der Waals surface area contributed by atoms with Crippen LogP contribution in [-0.4, -0.2) is 31.2 Å². The molecule has 2 aromatic carbocycles. The number of hydrogen-bond acceptors (Lipinski definition) is 3. The summed E-state index contributed by atoms with van der Waals surface area (Å²) in [6.07, 6.45) is 4.85. The Hall–Kier alpha value is -2.00. The van der Waals surface area contributed by atoms with Crippen molar-refractivity contribution in [2.45, 2.75) is 38.3 Å². The van der Waals surface area contributed by atoms with Crippen molar-refractivity contribution in [2.24, 2.45) is 0 Å². The van der Waals surface area contributed by atoms with Gasteiger partial charge in [-0.15, -0.1) is 0 Å². The van der Waals surface area contributed by atoms with E-state index in [1.807, 2.05) is 0 Å². The van der Waals surface area contributed by atoms with E-state index in [2.05, 4.69) is 47.4 Å². The molecule has 4 rings (SSSR count). The van der Waals surface area contributed by atoms with Crippen molar-refractivity contribution in [2.75, 3.05) is 20.2 Å². The number of methoxy groups -OCH3 is 1. The van der Waals surface area contributed by atoms with E-state index in [1.165, 1.54) is 29.5 Å². The first kappa shape index (κ1) is 15.5. The van der Waals surface area contributed by atoms with Crippen LogP contribution in [0.3, 0.4) is 0 Å². The second kappa shape index (κ2) is 6.86. The van der Waals surface area contributed by atoms with E-state index in [9.17, 15) is 0 Å². The van der Waals surface area contributed by atoms with E-state index in [1.54, 1.807) is 7.11 Å². The third-order valence-electron chi connectivity index (χ3n) is 5.18. The lowest BCUT2D eigenvalue weighted by Gasteiger charge is -2.20. The first-order chi connectivity index (χ1) is 11.8. The molecule has 126 valence electrons. The summed E-state index contributed by atoms with van der Waals surface area (Å²) in [6, 6.07) is 14.9. The van der Waals surface area contributed by atoms with Crippen LogP contribution in [0.15, 0.2) is 42.5 Å². The molecule has 1 fully saturated rings. The van der Waals surface area contributed by atoms with Gasteiger partial charge in [0, 0.05) is 25.2 Å². The normalized spacial score (nSPS) is 20.1. The molecule has 0 bridgehead atoms. The van der Waals surface area contributed by atoms with Gasteiger partial charge >= 0.3 is 0 Å². The highest BCUT2D eigenvalue weighted by Gasteiger charge is 2.27. The van der Waals surface area contributed by atoms with Gasteiger partial charge < -0.3 is 9.47 Å². The summed E-state index contributed by atoms with van der Waals surface area (Å²) in [4.78, 5) is 2.48. The smallest absolute Gasteiger partial charge is 0.165 e. The van der Waals surface area contributed by atoms with Gasteiger partial charge in [0.2, 0.25) is 0 Å². The van der Waals surface area contributed by atoms with Crippen LogP contribution in [0.25, 0.3) is 0 Å². The molecule has 2 aromatic rings. The predicted molar refractivity (Wildman–Crippen MR) is 95.8 cm³/mol. The molecular formula is C21H25NO2. The van der Waals surface area contributed by atoms with Crippen LogP contribution in [0.5, 0.6) is 11.5 Å². The SMILES string of the molecule is COc1ccc2c(c1O[C@@H]1CCN(Cc3ccccc3)C1)CCC2. The van der Waals surface area contributed by atoms with Gasteiger partial charge in [0.05, 0.1) is 7.11 Å². The summed E-state index contributed by atoms with van der Waals surface area (Å²) in [5, 5.41) is 0. The summed E-state index contributed by atoms with van der Waals surface area (Å²) in [7, 11) is 1.74. The molecule has 1 saturated heterocycles. The summed E-state index contributed by atoms with van der Waals surface area (Å²) >= 11 is 0. The average molecular weight is 323 g/mol. The van der Waals surface area contributed by atoms with E-state index in [0.717, 1.165) is 44.0 Å². The lowest BCUT2D eigenvalue weighted by molar-refractivity contribution is 0.189. The second-order valence-corrected chi connectivity index (χ2v) is 6.84. The van der Waals surface area contributed by atoms with Crippen molar-refractivity contribution in [1.82, 2.24) is 4.90 Å². The van der Waals surface area contributed by atoms with Crippen molar-refractivity contribution in [3.05, 3.63) is 59.2 Å². The van der Waals surface area contributed by atoms with Gasteiger partial charge in [-0.3, -0.25) is 4.90 Å². The monoisotopic (exact) mass is 323 g/mol. The zero-order chi connectivity index (χ0) is 16.4. The van der Waals surface area contributed by atoms with Gasteiger partial charge in [0.15, 0.2) is 11.5 Å². The summed E-state index contributed by atoms with van der Waals surface area (Å²) in [5.41, 5.74) is 4.18. The average Bonchev–Trinajstić information content (AvgIpc) is 3.25. The molecule has 0 amide bonds. The molecule has 0 radical (unpaired) electrons. The second-order valence-electron chi connectivity index (χ2n) is 6.84. The topological polar surface area (TPSA) is 21.7 Å². The first-order valence-corrected chi connectivity index (χ1v) is 8.95. The van der Waals surface area contributed by atoms with Gasteiger partial charge in [0.25, 0.3) is 0 Å². The quantitative estimate of drug-likeness (QED) is 0.834. The largest absolute Gasteiger partial charge is 0.493 e. The van der Waals surface area contributed by atoms with Crippen LogP contribution < -0.4 is 9.47 Å². The van der Waals surface area contributed by atoms with Gasteiger partial charge in [-0.1, -0.05) is 36.4 Å². The van der Waals surface area contributed by atoms with Crippen LogP contribution in [0.2, 0.25) is 0 Å². The third-order valence-corrected chi connectivity index (χ3v) is 5.18. The molecule has 0 saturated carbocycles. The van der Waals surface area contributed by atoms with Crippen LogP contribution in [-0.2, 0) is 19.4 Å². The van der Waals surface area contributed by atoms with E-state index >= 15 is 0 Å². The molecule has 1 aliphatic carbocycles. The molecule has 24 heavy (non-hydrogen) atoms. The summed E-state index contributed by atoms with van der Waals surface area (Å²) in [6.45, 7) is 3.09. The van der Waals surface area contributed by atoms with Gasteiger partial charge in [-0.25, -0.2) is 0 Å². The van der Waals surface area contributed by atoms with E-state index < -0.39 is 0 Å². The maximum atomic E-state index is 6.44. The van der Waals surface area contributed by atoms with Gasteiger partial charge in [-0.2, -0.15) is 0 Å². The zero-order valence-electron chi connectivity index (χ0n) is 14.3. The van der Waals surface area contributed by atoms with E-state index in [0.29, 0.717) is 0 Å². The Morgan fingerprint density at radius 2 is 1.96 bits per heavy atom. The van der Waals surface area contributed by atoms with Crippen LogP contribution in [0.1, 0.15) is 29.5 Å². The fourth-order valence-corrected chi connectivity index (χ4v) is 3.95. The number of fused-ring (bicyclic) bond motifs is 1. The van der Waals surface area contributed by atoms with Crippen molar-refractivity contribution in [3.8, 4) is 11.5 Å².